The van der Waals surface area contributed by atoms with Crippen LogP contribution in [-0.2, 0) is 6.54 Å². The zero-order valence-corrected chi connectivity index (χ0v) is 14.9. The zero-order valence-electron chi connectivity index (χ0n) is 14.9. The Bertz CT molecular complexity index is 854. The van der Waals surface area contributed by atoms with E-state index in [4.69, 9.17) is 0 Å². The van der Waals surface area contributed by atoms with E-state index < -0.39 is 0 Å². The van der Waals surface area contributed by atoms with Crippen LogP contribution in [0.2, 0.25) is 0 Å². The molecule has 3 heterocycles. The Morgan fingerprint density at radius 1 is 1.19 bits per heavy atom. The highest BCUT2D eigenvalue weighted by molar-refractivity contribution is 5.44. The SMILES string of the molecule is Cc1nc(NCc2ccccc2-n2cncn2)cc(C2CCNCC2)n1. The second-order valence-electron chi connectivity index (χ2n) is 6.57. The van der Waals surface area contributed by atoms with E-state index in [1.807, 2.05) is 25.1 Å². The molecule has 3 aromatic rings. The van der Waals surface area contributed by atoms with Gasteiger partial charge in [-0.1, -0.05) is 18.2 Å². The van der Waals surface area contributed by atoms with Gasteiger partial charge in [-0.2, -0.15) is 5.10 Å². The number of anilines is 1. The van der Waals surface area contributed by atoms with Crippen molar-refractivity contribution >= 4 is 5.82 Å². The summed E-state index contributed by atoms with van der Waals surface area (Å²) in [5.74, 6) is 2.20. The van der Waals surface area contributed by atoms with Crippen LogP contribution in [-0.4, -0.2) is 37.8 Å². The first kappa shape index (κ1) is 16.7. The van der Waals surface area contributed by atoms with Crippen molar-refractivity contribution in [3.05, 3.63) is 60.1 Å². The van der Waals surface area contributed by atoms with Crippen LogP contribution < -0.4 is 10.6 Å². The van der Waals surface area contributed by atoms with E-state index in [2.05, 4.69) is 42.8 Å². The maximum atomic E-state index is 4.67. The Kier molecular flexibility index (Phi) is 4.88. The molecule has 26 heavy (non-hydrogen) atoms. The summed E-state index contributed by atoms with van der Waals surface area (Å²) >= 11 is 0. The minimum atomic E-state index is 0.515. The number of aryl methyl sites for hydroxylation is 1. The molecule has 0 unspecified atom stereocenters. The lowest BCUT2D eigenvalue weighted by atomic mass is 9.94. The Hall–Kier alpha value is -2.80. The van der Waals surface area contributed by atoms with E-state index in [0.29, 0.717) is 12.5 Å². The highest BCUT2D eigenvalue weighted by Crippen LogP contribution is 2.25. The maximum absolute atomic E-state index is 4.67. The topological polar surface area (TPSA) is 80.5 Å². The molecule has 7 nitrogen and oxygen atoms in total. The lowest BCUT2D eigenvalue weighted by molar-refractivity contribution is 0.452. The molecule has 1 aromatic carbocycles. The first-order valence-electron chi connectivity index (χ1n) is 9.02. The summed E-state index contributed by atoms with van der Waals surface area (Å²) in [6, 6.07) is 10.3. The molecule has 7 heteroatoms. The Morgan fingerprint density at radius 2 is 2.04 bits per heavy atom. The summed E-state index contributed by atoms with van der Waals surface area (Å²) in [5, 5.41) is 11.1. The van der Waals surface area contributed by atoms with Gasteiger partial charge in [-0.25, -0.2) is 19.6 Å². The molecule has 0 saturated carbocycles. The van der Waals surface area contributed by atoms with Crippen molar-refractivity contribution in [1.82, 2.24) is 30.0 Å². The fourth-order valence-corrected chi connectivity index (χ4v) is 3.41. The number of para-hydroxylation sites is 1. The van der Waals surface area contributed by atoms with Gasteiger partial charge >= 0.3 is 0 Å². The number of rotatable bonds is 5. The lowest BCUT2D eigenvalue weighted by Crippen LogP contribution is -2.27. The molecule has 2 aromatic heterocycles. The minimum Gasteiger partial charge on any atom is -0.366 e. The smallest absolute Gasteiger partial charge is 0.138 e. The van der Waals surface area contributed by atoms with Gasteiger partial charge in [0.05, 0.1) is 5.69 Å². The fraction of sp³-hybridized carbons (Fsp3) is 0.368. The molecule has 0 amide bonds. The monoisotopic (exact) mass is 349 g/mol. The van der Waals surface area contributed by atoms with Gasteiger partial charge in [-0.3, -0.25) is 0 Å². The van der Waals surface area contributed by atoms with Gasteiger partial charge in [0.2, 0.25) is 0 Å². The number of hydrogen-bond donors (Lipinski definition) is 2. The molecule has 0 aliphatic carbocycles. The molecule has 2 N–H and O–H groups in total. The van der Waals surface area contributed by atoms with E-state index in [1.165, 1.54) is 0 Å². The molecular weight excluding hydrogens is 326 g/mol. The van der Waals surface area contributed by atoms with Gasteiger partial charge in [0, 0.05) is 24.2 Å². The van der Waals surface area contributed by atoms with E-state index in [0.717, 1.165) is 54.5 Å². The largest absolute Gasteiger partial charge is 0.366 e. The maximum Gasteiger partial charge on any atom is 0.138 e. The zero-order chi connectivity index (χ0) is 17.8. The number of nitrogens with zero attached hydrogens (tertiary/aromatic N) is 5. The molecule has 1 fully saturated rings. The number of hydrogen-bond acceptors (Lipinski definition) is 6. The number of nitrogens with one attached hydrogen (secondary N) is 2. The van der Waals surface area contributed by atoms with Gasteiger partial charge in [-0.15, -0.1) is 0 Å². The summed E-state index contributed by atoms with van der Waals surface area (Å²) < 4.78 is 1.78. The number of piperidine rings is 1. The predicted octanol–water partition coefficient (Wildman–Crippen LogP) is 2.44. The average molecular weight is 349 g/mol. The summed E-state index contributed by atoms with van der Waals surface area (Å²) in [7, 11) is 0. The van der Waals surface area contributed by atoms with Crippen molar-refractivity contribution in [2.24, 2.45) is 0 Å². The molecule has 0 spiro atoms. The van der Waals surface area contributed by atoms with Gasteiger partial charge in [0.15, 0.2) is 0 Å². The van der Waals surface area contributed by atoms with Crippen LogP contribution >= 0.6 is 0 Å². The minimum absolute atomic E-state index is 0.515. The fourth-order valence-electron chi connectivity index (χ4n) is 3.41. The lowest BCUT2D eigenvalue weighted by Gasteiger charge is -2.22. The first-order chi connectivity index (χ1) is 12.8. The molecule has 1 saturated heterocycles. The van der Waals surface area contributed by atoms with Gasteiger partial charge < -0.3 is 10.6 Å². The van der Waals surface area contributed by atoms with Crippen molar-refractivity contribution in [2.75, 3.05) is 18.4 Å². The van der Waals surface area contributed by atoms with Crippen molar-refractivity contribution < 1.29 is 0 Å². The second-order valence-corrected chi connectivity index (χ2v) is 6.57. The number of benzene rings is 1. The van der Waals surface area contributed by atoms with Crippen LogP contribution in [0.1, 0.15) is 35.8 Å². The van der Waals surface area contributed by atoms with Crippen LogP contribution in [0.15, 0.2) is 43.0 Å². The summed E-state index contributed by atoms with van der Waals surface area (Å²) in [5.41, 5.74) is 3.30. The third-order valence-electron chi connectivity index (χ3n) is 4.73. The van der Waals surface area contributed by atoms with E-state index in [-0.39, 0.29) is 0 Å². The van der Waals surface area contributed by atoms with Crippen molar-refractivity contribution in [2.45, 2.75) is 32.2 Å². The normalized spacial score (nSPS) is 15.1. The van der Waals surface area contributed by atoms with Crippen molar-refractivity contribution in [3.63, 3.8) is 0 Å². The van der Waals surface area contributed by atoms with Gasteiger partial charge in [0.25, 0.3) is 0 Å². The van der Waals surface area contributed by atoms with Crippen molar-refractivity contribution in [3.8, 4) is 5.69 Å². The molecular formula is C19H23N7. The summed E-state index contributed by atoms with van der Waals surface area (Å²) in [6.45, 7) is 4.74. The predicted molar refractivity (Wildman–Crippen MR) is 100 cm³/mol. The Balaban J connectivity index is 1.53. The number of aromatic nitrogens is 5. The standard InChI is InChI=1S/C19H23N7/c1-14-24-17(15-6-8-20-9-7-15)10-19(25-14)22-11-16-4-2-3-5-18(16)26-13-21-12-23-26/h2-5,10,12-13,15,20H,6-9,11H2,1H3,(H,22,24,25). The highest BCUT2D eigenvalue weighted by Gasteiger charge is 2.17. The van der Waals surface area contributed by atoms with Gasteiger partial charge in [-0.05, 0) is 44.5 Å². The third-order valence-corrected chi connectivity index (χ3v) is 4.73. The second kappa shape index (κ2) is 7.61. The van der Waals surface area contributed by atoms with Crippen LogP contribution in [0.25, 0.3) is 5.69 Å². The van der Waals surface area contributed by atoms with E-state index in [9.17, 15) is 0 Å². The Labute approximate surface area is 152 Å². The third kappa shape index (κ3) is 3.72. The molecule has 134 valence electrons. The van der Waals surface area contributed by atoms with E-state index in [1.54, 1.807) is 17.3 Å². The summed E-state index contributed by atoms with van der Waals surface area (Å²) in [6.07, 6.45) is 5.52. The molecule has 1 aliphatic heterocycles. The molecule has 0 radical (unpaired) electrons. The van der Waals surface area contributed by atoms with Crippen LogP contribution in [0.3, 0.4) is 0 Å². The highest BCUT2D eigenvalue weighted by atomic mass is 15.3. The Morgan fingerprint density at radius 3 is 2.85 bits per heavy atom. The molecule has 0 bridgehead atoms. The van der Waals surface area contributed by atoms with Crippen molar-refractivity contribution in [1.29, 1.82) is 0 Å². The van der Waals surface area contributed by atoms with Crippen LogP contribution in [0.5, 0.6) is 0 Å². The summed E-state index contributed by atoms with van der Waals surface area (Å²) in [4.78, 5) is 13.3. The molecule has 4 rings (SSSR count). The van der Waals surface area contributed by atoms with Gasteiger partial charge in [0.1, 0.15) is 24.3 Å². The van der Waals surface area contributed by atoms with Crippen LogP contribution in [0, 0.1) is 6.92 Å². The molecule has 1 aliphatic rings. The molecule has 0 atom stereocenters. The first-order valence-corrected chi connectivity index (χ1v) is 9.02. The quantitative estimate of drug-likeness (QED) is 0.736. The van der Waals surface area contributed by atoms with E-state index >= 15 is 0 Å². The van der Waals surface area contributed by atoms with Crippen LogP contribution in [0.4, 0.5) is 5.82 Å². The average Bonchev–Trinajstić information content (AvgIpc) is 3.21.